The van der Waals surface area contributed by atoms with E-state index < -0.39 is 0 Å². The second kappa shape index (κ2) is 5.98. The fourth-order valence-corrected chi connectivity index (χ4v) is 6.38. The standard InChI is InChI=1S/C13H11I2NOS2/c14-8-5-9(12(17)10(15)6-8)11-7-18-13(19-11)16-3-1-2-4-16/h5-7H,1-4H2/p+1. The van der Waals surface area contributed by atoms with Gasteiger partial charge >= 0.3 is 3.98 Å². The molecule has 19 heavy (non-hydrogen) atoms. The number of phenolic OH excluding ortho intramolecular Hbond substituents is 1. The molecule has 1 aliphatic heterocycles. The maximum atomic E-state index is 10.2. The summed E-state index contributed by atoms with van der Waals surface area (Å²) >= 11 is 8.07. The lowest BCUT2D eigenvalue weighted by atomic mass is 10.2. The highest BCUT2D eigenvalue weighted by atomic mass is 127. The molecule has 3 rings (SSSR count). The Morgan fingerprint density at radius 3 is 2.63 bits per heavy atom. The van der Waals surface area contributed by atoms with Crippen molar-refractivity contribution in [1.82, 2.24) is 4.58 Å². The quantitative estimate of drug-likeness (QED) is 0.451. The van der Waals surface area contributed by atoms with Gasteiger partial charge in [0, 0.05) is 27.4 Å². The van der Waals surface area contributed by atoms with Crippen LogP contribution in [0.4, 0.5) is 0 Å². The van der Waals surface area contributed by atoms with E-state index in [1.54, 1.807) is 22.7 Å². The topological polar surface area (TPSA) is 23.2 Å². The largest absolute Gasteiger partial charge is 0.506 e. The monoisotopic (exact) mass is 516 g/mol. The van der Waals surface area contributed by atoms with Crippen LogP contribution in [-0.2, 0) is 0 Å². The van der Waals surface area contributed by atoms with Crippen LogP contribution in [0.25, 0.3) is 10.4 Å². The van der Waals surface area contributed by atoms with Gasteiger partial charge in [-0.15, -0.1) is 0 Å². The van der Waals surface area contributed by atoms with Crippen LogP contribution in [0, 0.1) is 7.14 Å². The molecule has 0 saturated carbocycles. The summed E-state index contributed by atoms with van der Waals surface area (Å²) in [4.78, 5) is 1.17. The molecule has 1 saturated heterocycles. The molecule has 1 fully saturated rings. The molecular formula is C13H12I2NOS2+. The number of nitrogens with zero attached hydrogens (tertiary/aromatic N) is 1. The van der Waals surface area contributed by atoms with Crippen molar-refractivity contribution in [3.8, 4) is 16.2 Å². The summed E-state index contributed by atoms with van der Waals surface area (Å²) in [6.07, 6.45) is 2.60. The Kier molecular flexibility index (Phi) is 4.50. The third-order valence-corrected chi connectivity index (χ3v) is 7.06. The molecule has 0 atom stereocenters. The first kappa shape index (κ1) is 14.3. The van der Waals surface area contributed by atoms with E-state index in [1.165, 1.54) is 34.8 Å². The van der Waals surface area contributed by atoms with E-state index in [0.717, 1.165) is 12.7 Å². The fourth-order valence-electron chi connectivity index (χ4n) is 2.16. The summed E-state index contributed by atoms with van der Waals surface area (Å²) in [5.74, 6) is 0.406. The number of benzene rings is 1. The molecule has 1 aromatic carbocycles. The van der Waals surface area contributed by atoms with Gasteiger partial charge in [0.1, 0.15) is 18.8 Å². The van der Waals surface area contributed by atoms with Crippen molar-refractivity contribution >= 4 is 67.9 Å². The van der Waals surface area contributed by atoms with Crippen LogP contribution in [0.3, 0.4) is 0 Å². The molecule has 100 valence electrons. The average molecular weight is 516 g/mol. The van der Waals surface area contributed by atoms with E-state index in [1.807, 2.05) is 6.07 Å². The molecule has 2 nitrogen and oxygen atoms in total. The van der Waals surface area contributed by atoms with Gasteiger partial charge in [-0.2, -0.15) is 0 Å². The van der Waals surface area contributed by atoms with Gasteiger partial charge in [0.2, 0.25) is 0 Å². The van der Waals surface area contributed by atoms with E-state index in [0.29, 0.717) is 5.75 Å². The molecule has 0 amide bonds. The van der Waals surface area contributed by atoms with Crippen molar-refractivity contribution in [2.75, 3.05) is 13.1 Å². The van der Waals surface area contributed by atoms with Gasteiger partial charge in [-0.3, -0.25) is 0 Å². The van der Waals surface area contributed by atoms with E-state index in [4.69, 9.17) is 0 Å². The maximum Gasteiger partial charge on any atom is 0.314 e. The fraction of sp³-hybridized carbons (Fsp3) is 0.308. The lowest BCUT2D eigenvalue weighted by molar-refractivity contribution is 0.473. The third kappa shape index (κ3) is 3.01. The predicted molar refractivity (Wildman–Crippen MR) is 99.0 cm³/mol. The van der Waals surface area contributed by atoms with E-state index in [2.05, 4.69) is 61.2 Å². The molecule has 1 N–H and O–H groups in total. The Bertz CT molecular complexity index is 682. The molecule has 0 unspecified atom stereocenters. The molecule has 2 heterocycles. The summed E-state index contributed by atoms with van der Waals surface area (Å²) in [7, 11) is 0. The number of hydrogen-bond donors (Lipinski definition) is 1. The number of phenols is 1. The zero-order valence-electron chi connectivity index (χ0n) is 10.0. The molecule has 6 heteroatoms. The Morgan fingerprint density at radius 2 is 1.89 bits per heavy atom. The second-order valence-corrected chi connectivity index (χ2v) is 9.00. The summed E-state index contributed by atoms with van der Waals surface area (Å²) in [6.45, 7) is 2.35. The summed E-state index contributed by atoms with van der Waals surface area (Å²) < 4.78 is 5.90. The number of hydrogen-bond acceptors (Lipinski definition) is 3. The first-order valence-electron chi connectivity index (χ1n) is 6.00. The van der Waals surface area contributed by atoms with Crippen LogP contribution in [-0.4, -0.2) is 18.2 Å². The van der Waals surface area contributed by atoms with Gasteiger partial charge in [0.15, 0.2) is 0 Å². The lowest BCUT2D eigenvalue weighted by Gasteiger charge is -2.04. The first-order valence-corrected chi connectivity index (χ1v) is 9.85. The molecule has 1 aliphatic rings. The van der Waals surface area contributed by atoms with E-state index >= 15 is 0 Å². The first-order chi connectivity index (χ1) is 9.15. The Balaban J connectivity index is 2.11. The van der Waals surface area contributed by atoms with Crippen LogP contribution in [0.15, 0.2) is 17.5 Å². The van der Waals surface area contributed by atoms with Crippen molar-refractivity contribution in [2.45, 2.75) is 12.8 Å². The molecule has 0 bridgehead atoms. The lowest BCUT2D eigenvalue weighted by Crippen LogP contribution is -2.21. The minimum atomic E-state index is 0.406. The Labute approximate surface area is 147 Å². The molecule has 2 aromatic rings. The Morgan fingerprint density at radius 1 is 1.16 bits per heavy atom. The molecular weight excluding hydrogens is 504 g/mol. The zero-order valence-corrected chi connectivity index (χ0v) is 16.0. The van der Waals surface area contributed by atoms with Crippen molar-refractivity contribution in [3.05, 3.63) is 28.6 Å². The van der Waals surface area contributed by atoms with E-state index in [9.17, 15) is 5.11 Å². The number of aromatic hydroxyl groups is 1. The van der Waals surface area contributed by atoms with Crippen molar-refractivity contribution in [3.63, 3.8) is 0 Å². The highest BCUT2D eigenvalue weighted by Gasteiger charge is 2.17. The average Bonchev–Trinajstić information content (AvgIpc) is 3.03. The number of rotatable bonds is 1. The van der Waals surface area contributed by atoms with Crippen LogP contribution in [0.5, 0.6) is 5.75 Å². The second-order valence-electron chi connectivity index (χ2n) is 4.45. The summed E-state index contributed by atoms with van der Waals surface area (Å²) in [5, 5.41) is 12.4. The SMILES string of the molecule is Oc1c(I)cc(I)cc1-c1csc(=[N+]2CCCC2)s1. The van der Waals surface area contributed by atoms with Crippen LogP contribution < -0.4 is 8.56 Å². The normalized spacial score (nSPS) is 15.2. The summed E-state index contributed by atoms with van der Waals surface area (Å²) in [6, 6.07) is 4.06. The zero-order chi connectivity index (χ0) is 13.4. The van der Waals surface area contributed by atoms with Crippen molar-refractivity contribution in [2.24, 2.45) is 0 Å². The van der Waals surface area contributed by atoms with Gasteiger partial charge < -0.3 is 5.11 Å². The molecule has 0 aliphatic carbocycles. The van der Waals surface area contributed by atoms with Crippen LogP contribution in [0.2, 0.25) is 0 Å². The number of halogens is 2. The smallest absolute Gasteiger partial charge is 0.314 e. The van der Waals surface area contributed by atoms with Gasteiger partial charge in [-0.1, -0.05) is 22.7 Å². The predicted octanol–water partition coefficient (Wildman–Crippen LogP) is 3.96. The molecule has 0 spiro atoms. The van der Waals surface area contributed by atoms with Gasteiger partial charge in [-0.05, 0) is 57.3 Å². The van der Waals surface area contributed by atoms with E-state index in [-0.39, 0.29) is 0 Å². The Hall–Kier alpha value is 0.330. The van der Waals surface area contributed by atoms with Gasteiger partial charge in [0.25, 0.3) is 0 Å². The van der Waals surface area contributed by atoms with Gasteiger partial charge in [-0.25, -0.2) is 4.58 Å². The van der Waals surface area contributed by atoms with Crippen LogP contribution in [0.1, 0.15) is 12.8 Å². The van der Waals surface area contributed by atoms with Crippen molar-refractivity contribution < 1.29 is 5.11 Å². The van der Waals surface area contributed by atoms with Crippen LogP contribution >= 0.6 is 67.9 Å². The minimum absolute atomic E-state index is 0.406. The summed E-state index contributed by atoms with van der Waals surface area (Å²) in [5.41, 5.74) is 0.961. The highest BCUT2D eigenvalue weighted by Crippen LogP contribution is 2.36. The van der Waals surface area contributed by atoms with Crippen molar-refractivity contribution in [1.29, 1.82) is 0 Å². The van der Waals surface area contributed by atoms with Gasteiger partial charge in [0.05, 0.1) is 8.45 Å². The maximum absolute atomic E-state index is 10.2. The molecule has 1 aromatic heterocycles. The third-order valence-electron chi connectivity index (χ3n) is 3.12. The minimum Gasteiger partial charge on any atom is -0.506 e. The molecule has 0 radical (unpaired) electrons. The highest BCUT2D eigenvalue weighted by molar-refractivity contribution is 14.1.